The number of aromatic amines is 2. The van der Waals surface area contributed by atoms with Crippen molar-refractivity contribution >= 4 is 84.8 Å². The molecule has 474 valence electrons. The number of aryl methyl sites for hydroxylation is 3. The summed E-state index contributed by atoms with van der Waals surface area (Å²) >= 11 is 16.6. The van der Waals surface area contributed by atoms with Crippen LogP contribution in [0.5, 0.6) is 0 Å². The van der Waals surface area contributed by atoms with E-state index >= 15 is 4.89 Å². The van der Waals surface area contributed by atoms with Gasteiger partial charge in [0, 0.05) is 41.7 Å². The van der Waals surface area contributed by atoms with Gasteiger partial charge in [-0.2, -0.15) is 15.0 Å². The lowest BCUT2D eigenvalue weighted by Gasteiger charge is -2.42. The molecule has 0 spiro atoms. The molecule has 0 amide bonds. The van der Waals surface area contributed by atoms with Crippen LogP contribution in [0.3, 0.4) is 0 Å². The zero-order valence-corrected chi connectivity index (χ0v) is 51.8. The molecule has 0 radical (unpaired) electrons. The van der Waals surface area contributed by atoms with Crippen LogP contribution in [-0.4, -0.2) is 157 Å². The fourth-order valence-electron chi connectivity index (χ4n) is 12.1. The smallest absolute Gasteiger partial charge is 0.351 e. The summed E-state index contributed by atoms with van der Waals surface area (Å²) in [5, 5.41) is 11.6. The van der Waals surface area contributed by atoms with Gasteiger partial charge in [0.25, 0.3) is 11.1 Å². The molecule has 12 heterocycles. The maximum Gasteiger partial charge on any atom is 0.351 e. The van der Waals surface area contributed by atoms with Crippen molar-refractivity contribution < 1.29 is 79.8 Å². The molecule has 41 heteroatoms. The van der Waals surface area contributed by atoms with Crippen LogP contribution in [0.15, 0.2) is 48.9 Å². The molecule has 0 aromatic carbocycles. The first kappa shape index (κ1) is 62.6. The van der Waals surface area contributed by atoms with Gasteiger partial charge in [0.15, 0.2) is 36.6 Å². The van der Waals surface area contributed by atoms with Crippen LogP contribution in [0.25, 0.3) is 11.2 Å². The van der Waals surface area contributed by atoms with E-state index in [2.05, 4.69) is 29.9 Å². The van der Waals surface area contributed by atoms with Gasteiger partial charge in [-0.15, -0.1) is 0 Å². The number of aliphatic hydroxyl groups excluding tert-OH is 1. The Bertz CT molecular complexity index is 4080. The van der Waals surface area contributed by atoms with Crippen molar-refractivity contribution in [1.82, 2.24) is 48.2 Å². The Kier molecular flexibility index (Phi) is 15.9. The number of nitrogen functional groups attached to an aromatic ring is 3. The summed E-state index contributed by atoms with van der Waals surface area (Å²) in [5.41, 5.74) is 8.62. The lowest BCUT2D eigenvalue weighted by molar-refractivity contribution is -0.243. The van der Waals surface area contributed by atoms with Crippen molar-refractivity contribution in [2.75, 3.05) is 37.0 Å². The number of aliphatic hydroxyl groups is 1. The predicted molar refractivity (Wildman–Crippen MR) is 302 cm³/mol. The van der Waals surface area contributed by atoms with E-state index in [1.165, 1.54) is 54.8 Å². The number of ether oxygens (including phenoxy) is 7. The van der Waals surface area contributed by atoms with E-state index in [1.807, 2.05) is 0 Å². The third-order valence-corrected chi connectivity index (χ3v) is 21.4. The molecule has 0 aliphatic carbocycles. The van der Waals surface area contributed by atoms with Gasteiger partial charge in [-0.1, -0.05) is 23.6 Å². The molecule has 6 bridgehead atoms. The Hall–Kier alpha value is -4.57. The van der Waals surface area contributed by atoms with Gasteiger partial charge in [0.05, 0.1) is 56.7 Å². The Balaban J connectivity index is 0.819. The van der Waals surface area contributed by atoms with Gasteiger partial charge in [-0.3, -0.25) is 42.4 Å². The van der Waals surface area contributed by atoms with Gasteiger partial charge >= 0.3 is 17.1 Å². The second-order valence-corrected chi connectivity index (χ2v) is 30.3. The second kappa shape index (κ2) is 22.1. The quantitative estimate of drug-likeness (QED) is 0.0375. The Morgan fingerprint density at radius 1 is 0.678 bits per heavy atom. The molecule has 9 N–H and O–H groups in total. The summed E-state index contributed by atoms with van der Waals surface area (Å²) in [6.45, 7) is -6.08. The lowest BCUT2D eigenvalue weighted by Crippen LogP contribution is -2.52. The Labute approximate surface area is 505 Å². The number of nitrogens with two attached hydrogens (primary N) is 3. The Morgan fingerprint density at radius 3 is 1.82 bits per heavy atom. The lowest BCUT2D eigenvalue weighted by atomic mass is 9.94. The summed E-state index contributed by atoms with van der Waals surface area (Å²) in [7, 11) is 0. The van der Waals surface area contributed by atoms with Gasteiger partial charge in [-0.25, -0.2) is 19.4 Å². The zero-order valence-electron chi connectivity index (χ0n) is 46.7. The number of rotatable bonds is 19. The molecule has 21 atom stereocenters. The fraction of sp³-hybridized carbons (Fsp3) is 0.630. The SMILES string of the molecule is Cc1cn([C@@H]2O[C@]3(COP(=O)([S-])OC4[C@@H]5O[C@@H](C)[C@]4(COP([O-])(=S)OC4[C@@H]6O[C@@H](C)[C@]4(COP([O-])(=S)OC4C[C@H](n7cc(C)c(N)nc7=O)O[C@@H]4C)O[C@H]6n4cc(C)c(=O)[nH]c4=O)O[C@H]5n4cnc5c(=O)[nH]c(N)nc54)C(O)[C@@H]2O[C@H]3C)c(=O)nc1N. The van der Waals surface area contributed by atoms with E-state index in [0.717, 1.165) is 9.13 Å². The highest BCUT2D eigenvalue weighted by atomic mass is 32.7. The first-order valence-corrected chi connectivity index (χ1v) is 34.4. The molecular weight excluding hydrogens is 1280 g/mol. The fourth-order valence-corrected chi connectivity index (χ4v) is 16.5. The number of H-pyrrole nitrogens is 2. The molecule has 7 unspecified atom stereocenters. The predicted octanol–water partition coefficient (Wildman–Crippen LogP) is -2.28. The van der Waals surface area contributed by atoms with E-state index in [1.54, 1.807) is 27.7 Å². The highest BCUT2D eigenvalue weighted by Crippen LogP contribution is 2.62. The average Bonchev–Trinajstić information content (AvgIpc) is 1.57. The molecule has 7 aliphatic heterocycles. The molecule has 7 fully saturated rings. The molecule has 12 rings (SSSR count). The zero-order chi connectivity index (χ0) is 62.6. The number of hydrogen-bond acceptors (Lipinski definition) is 32. The number of imidazole rings is 1. The maximum atomic E-state index is 15.0. The molecular formula is C46H57N13O22P3S3-3. The van der Waals surface area contributed by atoms with Crippen LogP contribution >= 0.6 is 20.2 Å². The first-order valence-electron chi connectivity index (χ1n) is 26.8. The van der Waals surface area contributed by atoms with Gasteiger partial charge in [0.1, 0.15) is 84.7 Å². The van der Waals surface area contributed by atoms with Crippen molar-refractivity contribution in [2.24, 2.45) is 0 Å². The average molecular weight is 1330 g/mol. The van der Waals surface area contributed by atoms with Crippen molar-refractivity contribution in [2.45, 2.75) is 164 Å². The van der Waals surface area contributed by atoms with E-state index in [4.69, 9.17) is 113 Å². The van der Waals surface area contributed by atoms with Gasteiger partial charge in [0.2, 0.25) is 5.95 Å². The van der Waals surface area contributed by atoms with Crippen molar-refractivity contribution in [3.63, 3.8) is 0 Å². The van der Waals surface area contributed by atoms with Crippen LogP contribution in [0, 0.1) is 20.8 Å². The molecule has 35 nitrogen and oxygen atoms in total. The third kappa shape index (κ3) is 10.7. The standard InChI is InChI=1S/C46H60N13O22P3S3/c1-16-9-56(41(63)51-32(16)47)24-8-23(19(4)72-24)79-82(66,85)70-13-45-21(6)74-27(38(77-45)58-11-18(3)35(61)55-43(58)65)30(45)80-84(68,87)71-14-46-22(7)75-28(39(78-46)59-15-50-25-34(59)53-40(49)54-36(25)62)31(46)81-83(67,86)69-12-44-20(5)73-26(29(44)60)37(76-44)57-10-17(2)33(48)52-42(57)64/h9-11,15,19-24,26-31,37-39,60H,8,12-14H2,1-7H3,(H,66,85)(H,67,86)(H,68,87)(H2,47,51,63)(H2,48,52,64)(H,55,61,65)(H3,49,53,54,62)/p-3/t19-,20+,21+,22+,23?,24-,26+,27+,28+,29?,30?,31?,37-,38-,39-,44+,45+,46+,82?,83?,84?/m1/s1. The van der Waals surface area contributed by atoms with E-state index in [0.29, 0.717) is 11.1 Å². The number of aromatic nitrogens is 10. The summed E-state index contributed by atoms with van der Waals surface area (Å²) < 4.78 is 99.7. The third-order valence-electron chi connectivity index (χ3n) is 16.9. The minimum absolute atomic E-state index is 0.0233. The van der Waals surface area contributed by atoms with Gasteiger partial charge in [-0.05, 0) is 48.5 Å². The van der Waals surface area contributed by atoms with Crippen LogP contribution in [0.4, 0.5) is 17.6 Å². The maximum absolute atomic E-state index is 15.0. The minimum Gasteiger partial charge on any atom is -0.780 e. The van der Waals surface area contributed by atoms with Crippen LogP contribution in [-0.2, 0) is 101 Å². The molecule has 0 saturated carbocycles. The normalized spacial score (nSPS) is 37.1. The number of fused-ring (bicyclic) bond motifs is 7. The van der Waals surface area contributed by atoms with E-state index in [-0.39, 0.29) is 40.7 Å². The number of anilines is 3. The monoisotopic (exact) mass is 1330 g/mol. The summed E-state index contributed by atoms with van der Waals surface area (Å²) in [6.07, 6.45) is -13.5. The topological polar surface area (TPSA) is 470 Å². The molecule has 87 heavy (non-hydrogen) atoms. The van der Waals surface area contributed by atoms with Crippen LogP contribution < -0.4 is 55.2 Å². The Morgan fingerprint density at radius 2 is 1.18 bits per heavy atom. The number of nitrogens with zero attached hydrogens (tertiary/aromatic N) is 8. The highest BCUT2D eigenvalue weighted by molar-refractivity contribution is 8.32. The molecule has 7 aliphatic rings. The summed E-state index contributed by atoms with van der Waals surface area (Å²) in [6, 6.07) is 0. The van der Waals surface area contributed by atoms with Crippen LogP contribution in [0.1, 0.15) is 75.7 Å². The van der Waals surface area contributed by atoms with Crippen molar-refractivity contribution in [3.05, 3.63) is 93.8 Å². The molecule has 7 saturated heterocycles. The summed E-state index contributed by atoms with van der Waals surface area (Å²) in [5.74, 6) is -0.292. The number of nitrogens with one attached hydrogen (secondary N) is 2. The second-order valence-electron chi connectivity index (χ2n) is 22.2. The first-order chi connectivity index (χ1) is 40.8. The largest absolute Gasteiger partial charge is 0.780 e. The van der Waals surface area contributed by atoms with E-state index < -0.39 is 177 Å². The minimum atomic E-state index is -5.02. The number of hydrogen-bond donors (Lipinski definition) is 6. The van der Waals surface area contributed by atoms with Crippen molar-refractivity contribution in [3.8, 4) is 0 Å². The summed E-state index contributed by atoms with van der Waals surface area (Å²) in [4.78, 5) is 115. The van der Waals surface area contributed by atoms with Gasteiger partial charge < -0.3 is 105 Å². The molecule has 5 aromatic heterocycles. The van der Waals surface area contributed by atoms with Crippen LogP contribution in [0.2, 0.25) is 0 Å². The van der Waals surface area contributed by atoms with Crippen molar-refractivity contribution in [1.29, 1.82) is 0 Å². The molecule has 5 aromatic rings. The van der Waals surface area contributed by atoms with E-state index in [9.17, 15) is 38.5 Å². The highest BCUT2D eigenvalue weighted by Gasteiger charge is 2.71.